The van der Waals surface area contributed by atoms with Crippen molar-refractivity contribution in [1.82, 2.24) is 0 Å². The van der Waals surface area contributed by atoms with E-state index in [9.17, 15) is 4.79 Å². The largest absolute Gasteiger partial charge is 0.477 e. The molecule has 0 atom stereocenters. The molecule has 0 bridgehead atoms. The van der Waals surface area contributed by atoms with Gasteiger partial charge in [-0.2, -0.15) is 0 Å². The molecule has 0 heterocycles. The predicted octanol–water partition coefficient (Wildman–Crippen LogP) is 2.34. The molecular formula is C11H10Cl2N2O2. The first-order chi connectivity index (χ1) is 7.95. The number of hydrogen-bond acceptors (Lipinski definition) is 3. The molecule has 0 aliphatic heterocycles. The quantitative estimate of drug-likeness (QED) is 0.655. The van der Waals surface area contributed by atoms with E-state index in [0.717, 1.165) is 0 Å². The number of carboxylic acid groups (broad SMARTS) is 1. The van der Waals surface area contributed by atoms with Crippen LogP contribution in [0.1, 0.15) is 5.56 Å². The average molecular weight is 273 g/mol. The summed E-state index contributed by atoms with van der Waals surface area (Å²) in [5, 5.41) is 9.46. The zero-order chi connectivity index (χ0) is 13.0. The summed E-state index contributed by atoms with van der Waals surface area (Å²) in [6.45, 7) is 0. The molecule has 4 nitrogen and oxygen atoms in total. The van der Waals surface area contributed by atoms with Crippen LogP contribution in [0.3, 0.4) is 0 Å². The van der Waals surface area contributed by atoms with Gasteiger partial charge >= 0.3 is 5.97 Å². The summed E-state index contributed by atoms with van der Waals surface area (Å²) in [5.74, 6) is -1.20. The first-order valence-electron chi connectivity index (χ1n) is 4.58. The van der Waals surface area contributed by atoms with Gasteiger partial charge in [0.2, 0.25) is 0 Å². The molecule has 90 valence electrons. The molecule has 6 heteroatoms. The van der Waals surface area contributed by atoms with E-state index >= 15 is 0 Å². The molecule has 0 radical (unpaired) electrons. The number of allylic oxidation sites excluding steroid dienone is 1. The Bertz CT molecular complexity index is 510. The summed E-state index contributed by atoms with van der Waals surface area (Å²) < 4.78 is 0. The fourth-order valence-electron chi connectivity index (χ4n) is 1.14. The molecule has 3 N–H and O–H groups in total. The average Bonchev–Trinajstić information content (AvgIpc) is 2.29. The zero-order valence-corrected chi connectivity index (χ0v) is 10.5. The van der Waals surface area contributed by atoms with Crippen molar-refractivity contribution in [3.8, 4) is 0 Å². The van der Waals surface area contributed by atoms with Crippen LogP contribution < -0.4 is 5.73 Å². The number of nitrogens with two attached hydrogens (primary N) is 1. The second-order valence-corrected chi connectivity index (χ2v) is 3.96. The molecule has 0 unspecified atom stereocenters. The normalized spacial score (nSPS) is 12.6. The maximum absolute atomic E-state index is 10.6. The lowest BCUT2D eigenvalue weighted by atomic mass is 10.1. The molecule has 0 amide bonds. The van der Waals surface area contributed by atoms with Crippen molar-refractivity contribution in [2.45, 2.75) is 0 Å². The molecule has 17 heavy (non-hydrogen) atoms. The Morgan fingerprint density at radius 3 is 2.53 bits per heavy atom. The van der Waals surface area contributed by atoms with Gasteiger partial charge in [0.05, 0.1) is 15.8 Å². The molecule has 0 aromatic heterocycles. The number of nitrogens with zero attached hydrogens (tertiary/aromatic N) is 1. The van der Waals surface area contributed by atoms with Crippen LogP contribution in [0.25, 0.3) is 0 Å². The lowest BCUT2D eigenvalue weighted by molar-refractivity contribution is -0.132. The Morgan fingerprint density at radius 1 is 1.41 bits per heavy atom. The monoisotopic (exact) mass is 272 g/mol. The van der Waals surface area contributed by atoms with Crippen molar-refractivity contribution in [2.75, 3.05) is 7.05 Å². The number of halogens is 2. The molecule has 0 aliphatic rings. The molecule has 0 spiro atoms. The summed E-state index contributed by atoms with van der Waals surface area (Å²) in [4.78, 5) is 14.6. The van der Waals surface area contributed by atoms with Crippen molar-refractivity contribution in [1.29, 1.82) is 0 Å². The van der Waals surface area contributed by atoms with Crippen LogP contribution in [-0.2, 0) is 4.79 Å². The van der Waals surface area contributed by atoms with E-state index in [0.29, 0.717) is 21.3 Å². The SMILES string of the molecule is CN=C(C=C(N)C(=O)O)c1ccc(Cl)c(Cl)c1. The molecule has 1 aromatic carbocycles. The molecule has 1 rings (SSSR count). The maximum Gasteiger partial charge on any atom is 0.351 e. The highest BCUT2D eigenvalue weighted by molar-refractivity contribution is 6.42. The minimum atomic E-state index is -1.20. The number of benzene rings is 1. The molecule has 0 aliphatic carbocycles. The van der Waals surface area contributed by atoms with Crippen molar-refractivity contribution < 1.29 is 9.90 Å². The number of hydrogen-bond donors (Lipinski definition) is 2. The van der Waals surface area contributed by atoms with Gasteiger partial charge in [0.25, 0.3) is 0 Å². The highest BCUT2D eigenvalue weighted by Crippen LogP contribution is 2.23. The molecular weight excluding hydrogens is 263 g/mol. The lowest BCUT2D eigenvalue weighted by Crippen LogP contribution is -2.12. The third-order valence-corrected chi connectivity index (χ3v) is 2.73. The summed E-state index contributed by atoms with van der Waals surface area (Å²) in [5.41, 5.74) is 6.09. The van der Waals surface area contributed by atoms with Gasteiger partial charge < -0.3 is 10.8 Å². The lowest BCUT2D eigenvalue weighted by Gasteiger charge is -2.03. The van der Waals surface area contributed by atoms with Crippen molar-refractivity contribution in [3.05, 3.63) is 45.6 Å². The van der Waals surface area contributed by atoms with Crippen LogP contribution in [0.2, 0.25) is 10.0 Å². The topological polar surface area (TPSA) is 75.7 Å². The highest BCUT2D eigenvalue weighted by Gasteiger charge is 2.07. The van der Waals surface area contributed by atoms with Gasteiger partial charge in [-0.25, -0.2) is 4.79 Å². The Morgan fingerprint density at radius 2 is 2.06 bits per heavy atom. The minimum Gasteiger partial charge on any atom is -0.477 e. The predicted molar refractivity (Wildman–Crippen MR) is 68.8 cm³/mol. The van der Waals surface area contributed by atoms with E-state index in [4.69, 9.17) is 34.0 Å². The highest BCUT2D eigenvalue weighted by atomic mass is 35.5. The van der Waals surface area contributed by atoms with E-state index in [1.54, 1.807) is 18.2 Å². The van der Waals surface area contributed by atoms with E-state index < -0.39 is 5.97 Å². The van der Waals surface area contributed by atoms with Gasteiger partial charge in [0.15, 0.2) is 0 Å². The molecule has 0 fully saturated rings. The molecule has 0 saturated carbocycles. The Hall–Kier alpha value is -1.52. The summed E-state index contributed by atoms with van der Waals surface area (Å²) >= 11 is 11.6. The molecule has 0 saturated heterocycles. The summed E-state index contributed by atoms with van der Waals surface area (Å²) in [6.07, 6.45) is 1.27. The van der Waals surface area contributed by atoms with Crippen molar-refractivity contribution in [3.63, 3.8) is 0 Å². The van der Waals surface area contributed by atoms with Gasteiger partial charge in [0, 0.05) is 12.6 Å². The van der Waals surface area contributed by atoms with E-state index in [-0.39, 0.29) is 5.70 Å². The van der Waals surface area contributed by atoms with Gasteiger partial charge in [-0.05, 0) is 18.2 Å². The van der Waals surface area contributed by atoms with Crippen LogP contribution in [0.4, 0.5) is 0 Å². The summed E-state index contributed by atoms with van der Waals surface area (Å²) in [6, 6.07) is 4.88. The van der Waals surface area contributed by atoms with Crippen LogP contribution in [-0.4, -0.2) is 23.8 Å². The standard InChI is InChI=1S/C11H10Cl2N2O2/c1-15-10(5-9(14)11(16)17)6-2-3-7(12)8(13)4-6/h2-5H,14H2,1H3,(H,16,17). The minimum absolute atomic E-state index is 0.295. The van der Waals surface area contributed by atoms with Gasteiger partial charge in [-0.15, -0.1) is 0 Å². The number of carboxylic acids is 1. The van der Waals surface area contributed by atoms with Crippen molar-refractivity contribution in [2.24, 2.45) is 10.7 Å². The van der Waals surface area contributed by atoms with E-state index in [1.807, 2.05) is 0 Å². The van der Waals surface area contributed by atoms with E-state index in [1.165, 1.54) is 13.1 Å². The van der Waals surface area contributed by atoms with Gasteiger partial charge in [-0.3, -0.25) is 4.99 Å². The first-order valence-corrected chi connectivity index (χ1v) is 5.34. The number of aliphatic imine (C=N–C) groups is 1. The zero-order valence-electron chi connectivity index (χ0n) is 8.95. The van der Waals surface area contributed by atoms with Crippen LogP contribution in [0.5, 0.6) is 0 Å². The van der Waals surface area contributed by atoms with Crippen molar-refractivity contribution >= 4 is 34.9 Å². The fourth-order valence-corrected chi connectivity index (χ4v) is 1.44. The summed E-state index contributed by atoms with van der Waals surface area (Å²) in [7, 11) is 1.53. The smallest absolute Gasteiger partial charge is 0.351 e. The Labute approximate surface area is 108 Å². The fraction of sp³-hybridized carbons (Fsp3) is 0.0909. The third kappa shape index (κ3) is 3.47. The van der Waals surface area contributed by atoms with Gasteiger partial charge in [0.1, 0.15) is 5.70 Å². The number of rotatable bonds is 3. The number of carbonyl (C=O) groups is 1. The van der Waals surface area contributed by atoms with Crippen LogP contribution in [0.15, 0.2) is 35.0 Å². The van der Waals surface area contributed by atoms with Crippen LogP contribution in [0, 0.1) is 0 Å². The van der Waals surface area contributed by atoms with Gasteiger partial charge in [-0.1, -0.05) is 29.3 Å². The Kier molecular flexibility index (Phi) is 4.54. The molecule has 1 aromatic rings. The maximum atomic E-state index is 10.6. The van der Waals surface area contributed by atoms with Crippen LogP contribution >= 0.6 is 23.2 Å². The van der Waals surface area contributed by atoms with E-state index in [2.05, 4.69) is 4.99 Å². The Balaban J connectivity index is 3.16. The second-order valence-electron chi connectivity index (χ2n) is 3.14. The third-order valence-electron chi connectivity index (χ3n) is 2.00. The number of aliphatic carboxylic acids is 1. The second kappa shape index (κ2) is 5.70. The first kappa shape index (κ1) is 13.5.